The molecule has 1 amide bonds. The highest BCUT2D eigenvalue weighted by atomic mass is 19.1. The van der Waals surface area contributed by atoms with Crippen LogP contribution in [0.15, 0.2) is 18.2 Å². The van der Waals surface area contributed by atoms with Crippen molar-refractivity contribution in [1.29, 1.82) is 0 Å². The van der Waals surface area contributed by atoms with Crippen molar-refractivity contribution in [3.63, 3.8) is 0 Å². The summed E-state index contributed by atoms with van der Waals surface area (Å²) in [7, 11) is 0. The summed E-state index contributed by atoms with van der Waals surface area (Å²) >= 11 is 0. The molecule has 1 fully saturated rings. The van der Waals surface area contributed by atoms with Gasteiger partial charge in [0.15, 0.2) is 0 Å². The van der Waals surface area contributed by atoms with Crippen LogP contribution < -0.4 is 10.6 Å². The van der Waals surface area contributed by atoms with Crippen molar-refractivity contribution in [2.24, 2.45) is 11.8 Å². The Bertz CT molecular complexity index is 489. The molecule has 2 rings (SSSR count). The third kappa shape index (κ3) is 3.50. The fourth-order valence-electron chi connectivity index (χ4n) is 2.90. The predicted octanol–water partition coefficient (Wildman–Crippen LogP) is 4.02. The van der Waals surface area contributed by atoms with Crippen LogP contribution in [0.2, 0.25) is 0 Å². The summed E-state index contributed by atoms with van der Waals surface area (Å²) in [4.78, 5) is 11.1. The van der Waals surface area contributed by atoms with Gasteiger partial charge in [-0.1, -0.05) is 26.7 Å². The summed E-state index contributed by atoms with van der Waals surface area (Å²) < 4.78 is 13.6. The number of rotatable bonds is 3. The van der Waals surface area contributed by atoms with Gasteiger partial charge in [0.25, 0.3) is 0 Å². The largest absolute Gasteiger partial charge is 0.382 e. The Morgan fingerprint density at radius 2 is 2.05 bits per heavy atom. The molecular weight excluding hydrogens is 255 g/mol. The molecule has 1 saturated carbocycles. The van der Waals surface area contributed by atoms with Crippen LogP contribution in [0.4, 0.5) is 15.8 Å². The summed E-state index contributed by atoms with van der Waals surface area (Å²) in [5.74, 6) is 0.631. The van der Waals surface area contributed by atoms with Gasteiger partial charge in [0.2, 0.25) is 5.91 Å². The summed E-state index contributed by atoms with van der Waals surface area (Å²) in [6.45, 7) is 5.93. The first-order valence-electron chi connectivity index (χ1n) is 7.31. The molecule has 0 aromatic heterocycles. The molecular formula is C16H23FN2O. The summed E-state index contributed by atoms with van der Waals surface area (Å²) in [6, 6.07) is 5.20. The summed E-state index contributed by atoms with van der Waals surface area (Å²) in [6.07, 6.45) is 3.64. The predicted molar refractivity (Wildman–Crippen MR) is 80.3 cm³/mol. The van der Waals surface area contributed by atoms with Crippen molar-refractivity contribution in [2.75, 3.05) is 10.6 Å². The van der Waals surface area contributed by atoms with Crippen LogP contribution in [-0.2, 0) is 4.79 Å². The van der Waals surface area contributed by atoms with E-state index in [1.165, 1.54) is 25.8 Å². The SMILES string of the molecule is CC(=O)Nc1cc(NC2CCCC(C)C2C)ccc1F. The van der Waals surface area contributed by atoms with E-state index in [9.17, 15) is 9.18 Å². The van der Waals surface area contributed by atoms with E-state index in [0.29, 0.717) is 17.9 Å². The van der Waals surface area contributed by atoms with Crippen LogP contribution in [0.5, 0.6) is 0 Å². The Morgan fingerprint density at radius 3 is 2.75 bits per heavy atom. The molecule has 0 saturated heterocycles. The van der Waals surface area contributed by atoms with Crippen LogP contribution in [0.1, 0.15) is 40.0 Å². The Balaban J connectivity index is 2.11. The minimum absolute atomic E-state index is 0.235. The Hall–Kier alpha value is -1.58. The number of amides is 1. The normalized spacial score (nSPS) is 26.1. The lowest BCUT2D eigenvalue weighted by molar-refractivity contribution is -0.114. The van der Waals surface area contributed by atoms with Gasteiger partial charge >= 0.3 is 0 Å². The van der Waals surface area contributed by atoms with E-state index in [4.69, 9.17) is 0 Å². The van der Waals surface area contributed by atoms with E-state index in [-0.39, 0.29) is 11.6 Å². The molecule has 2 N–H and O–H groups in total. The number of carbonyl (C=O) groups excluding carboxylic acids is 1. The quantitative estimate of drug-likeness (QED) is 0.876. The number of benzene rings is 1. The number of anilines is 2. The second-order valence-electron chi connectivity index (χ2n) is 5.89. The van der Waals surface area contributed by atoms with Crippen LogP contribution in [-0.4, -0.2) is 11.9 Å². The molecule has 1 aliphatic rings. The fraction of sp³-hybridized carbons (Fsp3) is 0.562. The van der Waals surface area contributed by atoms with Crippen LogP contribution in [0.3, 0.4) is 0 Å². The Labute approximate surface area is 120 Å². The molecule has 4 heteroatoms. The lowest BCUT2D eigenvalue weighted by Gasteiger charge is -2.35. The highest BCUT2D eigenvalue weighted by molar-refractivity contribution is 5.89. The molecule has 1 aromatic carbocycles. The molecule has 0 radical (unpaired) electrons. The smallest absolute Gasteiger partial charge is 0.221 e. The van der Waals surface area contributed by atoms with Gasteiger partial charge in [-0.2, -0.15) is 0 Å². The van der Waals surface area contributed by atoms with E-state index in [1.54, 1.807) is 12.1 Å². The van der Waals surface area contributed by atoms with E-state index in [0.717, 1.165) is 12.1 Å². The van der Waals surface area contributed by atoms with Crippen molar-refractivity contribution in [3.05, 3.63) is 24.0 Å². The van der Waals surface area contributed by atoms with E-state index in [2.05, 4.69) is 24.5 Å². The van der Waals surface area contributed by atoms with Crippen molar-refractivity contribution in [2.45, 2.75) is 46.1 Å². The van der Waals surface area contributed by atoms with Gasteiger partial charge in [-0.15, -0.1) is 0 Å². The molecule has 1 aliphatic carbocycles. The standard InChI is InChI=1S/C16H23FN2O/c1-10-5-4-6-15(11(10)2)19-13-7-8-14(17)16(9-13)18-12(3)20/h7-11,15,19H,4-6H2,1-3H3,(H,18,20). The molecule has 0 aliphatic heterocycles. The first-order chi connectivity index (χ1) is 9.47. The molecule has 3 unspecified atom stereocenters. The zero-order chi connectivity index (χ0) is 14.7. The molecule has 1 aromatic rings. The number of nitrogens with one attached hydrogen (secondary N) is 2. The van der Waals surface area contributed by atoms with Gasteiger partial charge in [0.1, 0.15) is 5.82 Å². The Kier molecular flexibility index (Phi) is 4.63. The van der Waals surface area contributed by atoms with Crippen LogP contribution in [0, 0.1) is 17.7 Å². The second-order valence-corrected chi connectivity index (χ2v) is 5.89. The molecule has 0 bridgehead atoms. The maximum atomic E-state index is 13.6. The van der Waals surface area contributed by atoms with Gasteiger partial charge in [0, 0.05) is 18.7 Å². The van der Waals surface area contributed by atoms with E-state index >= 15 is 0 Å². The second kappa shape index (κ2) is 6.25. The van der Waals surface area contributed by atoms with Gasteiger partial charge in [-0.25, -0.2) is 4.39 Å². The lowest BCUT2D eigenvalue weighted by Crippen LogP contribution is -2.35. The summed E-state index contributed by atoms with van der Waals surface area (Å²) in [5.41, 5.74) is 1.10. The average Bonchev–Trinajstić information content (AvgIpc) is 2.38. The van der Waals surface area contributed by atoms with Gasteiger partial charge < -0.3 is 10.6 Å². The van der Waals surface area contributed by atoms with Crippen LogP contribution >= 0.6 is 0 Å². The van der Waals surface area contributed by atoms with E-state index in [1.807, 2.05) is 0 Å². The average molecular weight is 278 g/mol. The zero-order valence-electron chi connectivity index (χ0n) is 12.4. The molecule has 0 spiro atoms. The van der Waals surface area contributed by atoms with Crippen molar-refractivity contribution >= 4 is 17.3 Å². The minimum atomic E-state index is -0.407. The fourth-order valence-corrected chi connectivity index (χ4v) is 2.90. The highest BCUT2D eigenvalue weighted by Gasteiger charge is 2.26. The first-order valence-corrected chi connectivity index (χ1v) is 7.31. The van der Waals surface area contributed by atoms with Gasteiger partial charge in [-0.05, 0) is 36.5 Å². The molecule has 3 atom stereocenters. The van der Waals surface area contributed by atoms with Crippen molar-refractivity contribution in [1.82, 2.24) is 0 Å². The number of halogens is 1. The molecule has 0 heterocycles. The molecule has 20 heavy (non-hydrogen) atoms. The number of hydrogen-bond donors (Lipinski definition) is 2. The monoisotopic (exact) mass is 278 g/mol. The maximum Gasteiger partial charge on any atom is 0.221 e. The van der Waals surface area contributed by atoms with Gasteiger partial charge in [-0.3, -0.25) is 4.79 Å². The number of hydrogen-bond acceptors (Lipinski definition) is 2. The maximum absolute atomic E-state index is 13.6. The highest BCUT2D eigenvalue weighted by Crippen LogP contribution is 2.32. The van der Waals surface area contributed by atoms with E-state index < -0.39 is 5.82 Å². The third-order valence-corrected chi connectivity index (χ3v) is 4.34. The van der Waals surface area contributed by atoms with Crippen molar-refractivity contribution in [3.8, 4) is 0 Å². The number of carbonyl (C=O) groups is 1. The topological polar surface area (TPSA) is 41.1 Å². The summed E-state index contributed by atoms with van der Waals surface area (Å²) in [5, 5.41) is 6.00. The zero-order valence-corrected chi connectivity index (χ0v) is 12.4. The Morgan fingerprint density at radius 1 is 1.30 bits per heavy atom. The molecule has 110 valence electrons. The lowest BCUT2D eigenvalue weighted by atomic mass is 9.78. The van der Waals surface area contributed by atoms with Gasteiger partial charge in [0.05, 0.1) is 5.69 Å². The van der Waals surface area contributed by atoms with Crippen LogP contribution in [0.25, 0.3) is 0 Å². The third-order valence-electron chi connectivity index (χ3n) is 4.34. The molecule has 3 nitrogen and oxygen atoms in total. The van der Waals surface area contributed by atoms with Crippen molar-refractivity contribution < 1.29 is 9.18 Å². The first kappa shape index (κ1) is 14.8. The minimum Gasteiger partial charge on any atom is -0.382 e.